The van der Waals surface area contributed by atoms with Crippen molar-refractivity contribution in [2.75, 3.05) is 6.61 Å². The number of rotatable bonds is 3. The summed E-state index contributed by atoms with van der Waals surface area (Å²) in [5, 5.41) is 5.00. The van der Waals surface area contributed by atoms with Crippen molar-refractivity contribution in [1.29, 1.82) is 0 Å². The highest BCUT2D eigenvalue weighted by atomic mass is 79.9. The first-order chi connectivity index (χ1) is 10.2. The van der Waals surface area contributed by atoms with Gasteiger partial charge in [-0.1, -0.05) is 18.2 Å². The molecule has 0 saturated heterocycles. The number of ether oxygens (including phenoxy) is 1. The first-order valence-electron chi connectivity index (χ1n) is 6.47. The minimum absolute atomic E-state index is 0.326. The number of benzene rings is 1. The van der Waals surface area contributed by atoms with Gasteiger partial charge in [-0.25, -0.2) is 14.5 Å². The second-order valence-electron chi connectivity index (χ2n) is 4.34. The molecule has 1 aromatic carbocycles. The number of esters is 1. The summed E-state index contributed by atoms with van der Waals surface area (Å²) < 4.78 is 7.34. The van der Waals surface area contributed by atoms with Crippen LogP contribution in [0, 0.1) is 0 Å². The lowest BCUT2D eigenvalue weighted by atomic mass is 10.2. The monoisotopic (exact) mass is 345 g/mol. The number of nitrogens with zero attached hydrogens (tertiary/aromatic N) is 3. The van der Waals surface area contributed by atoms with Crippen LogP contribution in [-0.2, 0) is 4.74 Å². The Balaban J connectivity index is 2.21. The first kappa shape index (κ1) is 13.8. The molecule has 0 spiro atoms. The quantitative estimate of drug-likeness (QED) is 0.539. The van der Waals surface area contributed by atoms with Crippen molar-refractivity contribution < 1.29 is 9.53 Å². The van der Waals surface area contributed by atoms with E-state index in [1.165, 1.54) is 0 Å². The van der Waals surface area contributed by atoms with Crippen LogP contribution in [0.25, 0.3) is 16.7 Å². The average Bonchev–Trinajstić information content (AvgIpc) is 2.91. The molecule has 0 unspecified atom stereocenters. The van der Waals surface area contributed by atoms with Gasteiger partial charge < -0.3 is 4.74 Å². The molecule has 106 valence electrons. The van der Waals surface area contributed by atoms with Crippen molar-refractivity contribution in [3.63, 3.8) is 0 Å². The Morgan fingerprint density at radius 3 is 2.81 bits per heavy atom. The van der Waals surface area contributed by atoms with Crippen molar-refractivity contribution in [1.82, 2.24) is 14.8 Å². The van der Waals surface area contributed by atoms with Crippen LogP contribution in [0.2, 0.25) is 0 Å². The van der Waals surface area contributed by atoms with Crippen LogP contribution in [0.15, 0.2) is 47.2 Å². The molecule has 0 aliphatic carbocycles. The molecule has 21 heavy (non-hydrogen) atoms. The second-order valence-corrected chi connectivity index (χ2v) is 5.15. The fourth-order valence-electron chi connectivity index (χ4n) is 2.11. The molecule has 0 aliphatic heterocycles. The molecule has 3 rings (SSSR count). The van der Waals surface area contributed by atoms with E-state index in [9.17, 15) is 4.79 Å². The van der Waals surface area contributed by atoms with Gasteiger partial charge >= 0.3 is 5.97 Å². The van der Waals surface area contributed by atoms with Gasteiger partial charge in [0.15, 0.2) is 5.65 Å². The number of carbonyl (C=O) groups excluding carboxylic acids is 1. The summed E-state index contributed by atoms with van der Waals surface area (Å²) in [4.78, 5) is 16.5. The van der Waals surface area contributed by atoms with Crippen LogP contribution in [-0.4, -0.2) is 27.3 Å². The van der Waals surface area contributed by atoms with E-state index in [1.54, 1.807) is 23.9 Å². The molecule has 0 bridgehead atoms. The Labute approximate surface area is 129 Å². The third-order valence-corrected chi connectivity index (χ3v) is 3.41. The predicted octanol–water partition coefficient (Wildman–Crippen LogP) is 3.36. The zero-order chi connectivity index (χ0) is 14.8. The van der Waals surface area contributed by atoms with E-state index in [1.807, 2.05) is 30.3 Å². The SMILES string of the molecule is CCOC(=O)c1cc(Br)nc2c1cnn2-c1ccccc1. The van der Waals surface area contributed by atoms with Crippen LogP contribution in [0.1, 0.15) is 17.3 Å². The molecule has 0 atom stereocenters. The zero-order valence-corrected chi connectivity index (χ0v) is 12.9. The van der Waals surface area contributed by atoms with Crippen LogP contribution < -0.4 is 0 Å². The number of para-hydroxylation sites is 1. The standard InChI is InChI=1S/C15H12BrN3O2/c1-2-21-15(20)11-8-13(16)18-14-12(11)9-17-19(14)10-6-4-3-5-7-10/h3-9H,2H2,1H3. The van der Waals surface area contributed by atoms with Crippen molar-refractivity contribution in [2.24, 2.45) is 0 Å². The molecule has 0 radical (unpaired) electrons. The Bertz CT molecular complexity index is 799. The summed E-state index contributed by atoms with van der Waals surface area (Å²) in [6.45, 7) is 2.10. The molecule has 6 heteroatoms. The number of pyridine rings is 1. The first-order valence-corrected chi connectivity index (χ1v) is 7.27. The summed E-state index contributed by atoms with van der Waals surface area (Å²) in [6, 6.07) is 11.3. The highest BCUT2D eigenvalue weighted by Crippen LogP contribution is 2.24. The largest absolute Gasteiger partial charge is 0.462 e. The lowest BCUT2D eigenvalue weighted by Crippen LogP contribution is -2.06. The highest BCUT2D eigenvalue weighted by molar-refractivity contribution is 9.10. The average molecular weight is 346 g/mol. The third kappa shape index (κ3) is 2.54. The van der Waals surface area contributed by atoms with Crippen LogP contribution in [0.4, 0.5) is 0 Å². The van der Waals surface area contributed by atoms with Crippen molar-refractivity contribution in [2.45, 2.75) is 6.92 Å². The zero-order valence-electron chi connectivity index (χ0n) is 11.3. The summed E-state index contributed by atoms with van der Waals surface area (Å²) in [5.74, 6) is -0.377. The number of hydrogen-bond donors (Lipinski definition) is 0. The minimum Gasteiger partial charge on any atom is -0.462 e. The lowest BCUT2D eigenvalue weighted by Gasteiger charge is -2.05. The Hall–Kier alpha value is -2.21. The molecule has 5 nitrogen and oxygen atoms in total. The maximum atomic E-state index is 12.0. The summed E-state index contributed by atoms with van der Waals surface area (Å²) in [5.41, 5.74) is 1.95. The molecular formula is C15H12BrN3O2. The van der Waals surface area contributed by atoms with E-state index in [2.05, 4.69) is 26.0 Å². The molecule has 0 amide bonds. The Morgan fingerprint density at radius 1 is 1.33 bits per heavy atom. The summed E-state index contributed by atoms with van der Waals surface area (Å²) in [6.07, 6.45) is 1.63. The number of fused-ring (bicyclic) bond motifs is 1. The number of carbonyl (C=O) groups is 1. The fraction of sp³-hybridized carbons (Fsp3) is 0.133. The van der Waals surface area contributed by atoms with Gasteiger partial charge in [-0.2, -0.15) is 5.10 Å². The van der Waals surface area contributed by atoms with E-state index >= 15 is 0 Å². The molecule has 0 aliphatic rings. The van der Waals surface area contributed by atoms with E-state index in [-0.39, 0.29) is 5.97 Å². The smallest absolute Gasteiger partial charge is 0.339 e. The van der Waals surface area contributed by atoms with E-state index in [4.69, 9.17) is 4.74 Å². The fourth-order valence-corrected chi connectivity index (χ4v) is 2.50. The van der Waals surface area contributed by atoms with Gasteiger partial charge in [0.2, 0.25) is 0 Å². The summed E-state index contributed by atoms with van der Waals surface area (Å²) in [7, 11) is 0. The number of aromatic nitrogens is 3. The molecule has 3 aromatic rings. The van der Waals surface area contributed by atoms with Gasteiger partial charge in [-0.15, -0.1) is 0 Å². The van der Waals surface area contributed by atoms with Gasteiger partial charge in [0.05, 0.1) is 29.4 Å². The Morgan fingerprint density at radius 2 is 2.10 bits per heavy atom. The van der Waals surface area contributed by atoms with Gasteiger partial charge in [0, 0.05) is 0 Å². The molecule has 2 aromatic heterocycles. The second kappa shape index (κ2) is 5.65. The maximum Gasteiger partial charge on any atom is 0.339 e. The maximum absolute atomic E-state index is 12.0. The third-order valence-electron chi connectivity index (χ3n) is 3.01. The van der Waals surface area contributed by atoms with Gasteiger partial charge in [-0.05, 0) is 41.1 Å². The minimum atomic E-state index is -0.377. The van der Waals surface area contributed by atoms with Crippen molar-refractivity contribution >= 4 is 32.9 Å². The lowest BCUT2D eigenvalue weighted by molar-refractivity contribution is 0.0528. The van der Waals surface area contributed by atoms with Gasteiger partial charge in [-0.3, -0.25) is 0 Å². The molecule has 0 N–H and O–H groups in total. The van der Waals surface area contributed by atoms with Crippen LogP contribution >= 0.6 is 15.9 Å². The van der Waals surface area contributed by atoms with E-state index in [0.29, 0.717) is 27.8 Å². The van der Waals surface area contributed by atoms with E-state index in [0.717, 1.165) is 5.69 Å². The topological polar surface area (TPSA) is 57.0 Å². The number of halogens is 1. The normalized spacial score (nSPS) is 10.8. The van der Waals surface area contributed by atoms with Crippen LogP contribution in [0.5, 0.6) is 0 Å². The predicted molar refractivity (Wildman–Crippen MR) is 82.5 cm³/mol. The van der Waals surface area contributed by atoms with Crippen molar-refractivity contribution in [3.05, 3.63) is 52.8 Å². The van der Waals surface area contributed by atoms with Crippen molar-refractivity contribution in [3.8, 4) is 5.69 Å². The van der Waals surface area contributed by atoms with Gasteiger partial charge in [0.1, 0.15) is 4.60 Å². The molecular weight excluding hydrogens is 334 g/mol. The molecule has 0 saturated carbocycles. The molecule has 2 heterocycles. The molecule has 0 fully saturated rings. The van der Waals surface area contributed by atoms with E-state index < -0.39 is 0 Å². The highest BCUT2D eigenvalue weighted by Gasteiger charge is 2.17. The Kier molecular flexibility index (Phi) is 3.70. The van der Waals surface area contributed by atoms with Gasteiger partial charge in [0.25, 0.3) is 0 Å². The summed E-state index contributed by atoms with van der Waals surface area (Å²) >= 11 is 3.33. The number of hydrogen-bond acceptors (Lipinski definition) is 4. The van der Waals surface area contributed by atoms with Crippen LogP contribution in [0.3, 0.4) is 0 Å².